The fraction of sp³-hybridized carbons (Fsp3) is 0.250. The Kier molecular flexibility index (Phi) is 7.75. The largest absolute Gasteiger partial charge is 0.250 e. The molecular formula is C12H17NS. The zero-order chi connectivity index (χ0) is 10.8. The van der Waals surface area contributed by atoms with Gasteiger partial charge in [-0.1, -0.05) is 43.9 Å². The standard InChI is InChI=1S/C7H10.C5H7NS/c1-4-6-7(3)5-2;1-2-5-6-3-4-7-5/h4-6H,1-2H2,3H3;3-4H,2H2,1H3/b7-6-;. The Hall–Kier alpha value is -1.15. The summed E-state index contributed by atoms with van der Waals surface area (Å²) in [6.07, 6.45) is 8.35. The third kappa shape index (κ3) is 6.38. The van der Waals surface area contributed by atoms with E-state index in [1.165, 1.54) is 5.01 Å². The molecule has 0 bridgehead atoms. The van der Waals surface area contributed by atoms with Crippen LogP contribution in [0.2, 0.25) is 0 Å². The maximum absolute atomic E-state index is 4.05. The predicted octanol–water partition coefficient (Wildman–Crippen LogP) is 4.01. The number of allylic oxidation sites excluding steroid dienone is 4. The number of thiazole rings is 1. The molecule has 2 heteroatoms. The Morgan fingerprint density at radius 2 is 2.29 bits per heavy atom. The minimum absolute atomic E-state index is 1.07. The van der Waals surface area contributed by atoms with Gasteiger partial charge in [-0.15, -0.1) is 11.3 Å². The van der Waals surface area contributed by atoms with E-state index >= 15 is 0 Å². The van der Waals surface area contributed by atoms with Crippen molar-refractivity contribution in [2.75, 3.05) is 0 Å². The van der Waals surface area contributed by atoms with Crippen LogP contribution in [-0.2, 0) is 6.42 Å². The van der Waals surface area contributed by atoms with Crippen LogP contribution in [0.25, 0.3) is 0 Å². The lowest BCUT2D eigenvalue weighted by atomic mass is 10.3. The van der Waals surface area contributed by atoms with Crippen LogP contribution in [0.15, 0.2) is 48.5 Å². The monoisotopic (exact) mass is 207 g/mol. The highest BCUT2D eigenvalue weighted by Gasteiger charge is 1.84. The highest BCUT2D eigenvalue weighted by molar-refractivity contribution is 7.09. The number of hydrogen-bond donors (Lipinski definition) is 0. The molecule has 0 radical (unpaired) electrons. The average Bonchev–Trinajstić information content (AvgIpc) is 2.71. The fourth-order valence-corrected chi connectivity index (χ4v) is 1.25. The molecule has 0 amide bonds. The van der Waals surface area contributed by atoms with Gasteiger partial charge in [0.25, 0.3) is 0 Å². The summed E-state index contributed by atoms with van der Waals surface area (Å²) in [5.41, 5.74) is 1.15. The molecule has 0 spiro atoms. The Morgan fingerprint density at radius 3 is 2.50 bits per heavy atom. The third-order valence-corrected chi connectivity index (χ3v) is 2.41. The van der Waals surface area contributed by atoms with Crippen molar-refractivity contribution in [2.45, 2.75) is 20.3 Å². The lowest BCUT2D eigenvalue weighted by Crippen LogP contribution is -1.70. The predicted molar refractivity (Wildman–Crippen MR) is 65.6 cm³/mol. The van der Waals surface area contributed by atoms with E-state index in [4.69, 9.17) is 0 Å². The molecule has 1 aromatic heterocycles. The number of aromatic nitrogens is 1. The van der Waals surface area contributed by atoms with E-state index in [0.717, 1.165) is 12.0 Å². The van der Waals surface area contributed by atoms with Crippen LogP contribution in [0.5, 0.6) is 0 Å². The molecule has 1 heterocycles. The van der Waals surface area contributed by atoms with Crippen LogP contribution >= 0.6 is 11.3 Å². The topological polar surface area (TPSA) is 12.9 Å². The Bertz CT molecular complexity index is 283. The smallest absolute Gasteiger partial charge is 0.0922 e. The first kappa shape index (κ1) is 12.8. The lowest BCUT2D eigenvalue weighted by Gasteiger charge is -1.80. The van der Waals surface area contributed by atoms with Crippen LogP contribution < -0.4 is 0 Å². The summed E-state index contributed by atoms with van der Waals surface area (Å²) in [4.78, 5) is 4.05. The molecule has 0 aromatic carbocycles. The summed E-state index contributed by atoms with van der Waals surface area (Å²) in [6.45, 7) is 11.2. The molecule has 0 atom stereocenters. The SMILES string of the molecule is C=C/C=C(/C)C=C.CCc1nccs1. The molecule has 0 unspecified atom stereocenters. The molecule has 0 aliphatic rings. The molecule has 0 saturated carbocycles. The Morgan fingerprint density at radius 1 is 1.57 bits per heavy atom. The molecular weight excluding hydrogens is 190 g/mol. The molecule has 0 aliphatic carbocycles. The van der Waals surface area contributed by atoms with Crippen molar-refractivity contribution in [1.82, 2.24) is 4.98 Å². The minimum Gasteiger partial charge on any atom is -0.250 e. The zero-order valence-electron chi connectivity index (χ0n) is 8.86. The second-order valence-corrected chi connectivity index (χ2v) is 3.61. The molecule has 14 heavy (non-hydrogen) atoms. The van der Waals surface area contributed by atoms with Gasteiger partial charge in [0.15, 0.2) is 0 Å². The van der Waals surface area contributed by atoms with Crippen molar-refractivity contribution in [2.24, 2.45) is 0 Å². The van der Waals surface area contributed by atoms with Crippen molar-refractivity contribution < 1.29 is 0 Å². The van der Waals surface area contributed by atoms with Crippen molar-refractivity contribution in [3.8, 4) is 0 Å². The summed E-state index contributed by atoms with van der Waals surface area (Å²) >= 11 is 1.71. The van der Waals surface area contributed by atoms with Crippen molar-refractivity contribution in [3.05, 3.63) is 53.5 Å². The molecule has 76 valence electrons. The van der Waals surface area contributed by atoms with Crippen LogP contribution in [0, 0.1) is 0 Å². The first-order chi connectivity index (χ1) is 6.74. The van der Waals surface area contributed by atoms with Gasteiger partial charge in [-0.05, 0) is 13.3 Å². The van der Waals surface area contributed by atoms with E-state index in [-0.39, 0.29) is 0 Å². The molecule has 1 nitrogen and oxygen atoms in total. The summed E-state index contributed by atoms with van der Waals surface area (Å²) in [5.74, 6) is 0. The van der Waals surface area contributed by atoms with E-state index in [9.17, 15) is 0 Å². The van der Waals surface area contributed by atoms with Gasteiger partial charge in [0, 0.05) is 11.6 Å². The average molecular weight is 207 g/mol. The van der Waals surface area contributed by atoms with Gasteiger partial charge >= 0.3 is 0 Å². The van der Waals surface area contributed by atoms with Crippen molar-refractivity contribution >= 4 is 11.3 Å². The fourth-order valence-electron chi connectivity index (χ4n) is 0.682. The van der Waals surface area contributed by atoms with Gasteiger partial charge in [0.1, 0.15) is 0 Å². The van der Waals surface area contributed by atoms with Gasteiger partial charge < -0.3 is 0 Å². The number of aryl methyl sites for hydroxylation is 1. The van der Waals surface area contributed by atoms with Gasteiger partial charge in [0.05, 0.1) is 5.01 Å². The lowest BCUT2D eigenvalue weighted by molar-refractivity contribution is 1.09. The summed E-state index contributed by atoms with van der Waals surface area (Å²) in [7, 11) is 0. The van der Waals surface area contributed by atoms with Crippen molar-refractivity contribution in [3.63, 3.8) is 0 Å². The van der Waals surface area contributed by atoms with E-state index in [1.807, 2.05) is 24.6 Å². The van der Waals surface area contributed by atoms with Gasteiger partial charge in [-0.2, -0.15) is 0 Å². The number of hydrogen-bond acceptors (Lipinski definition) is 2. The quantitative estimate of drug-likeness (QED) is 0.682. The first-order valence-corrected chi connectivity index (χ1v) is 5.42. The van der Waals surface area contributed by atoms with E-state index in [1.54, 1.807) is 23.5 Å². The van der Waals surface area contributed by atoms with E-state index in [0.29, 0.717) is 0 Å². The number of nitrogens with zero attached hydrogens (tertiary/aromatic N) is 1. The molecule has 1 rings (SSSR count). The van der Waals surface area contributed by atoms with Crippen LogP contribution in [0.4, 0.5) is 0 Å². The number of rotatable bonds is 3. The van der Waals surface area contributed by atoms with Gasteiger partial charge in [0.2, 0.25) is 0 Å². The van der Waals surface area contributed by atoms with Gasteiger partial charge in [-0.3, -0.25) is 0 Å². The Labute approximate surface area is 90.5 Å². The van der Waals surface area contributed by atoms with Crippen LogP contribution in [0.1, 0.15) is 18.9 Å². The molecule has 0 fully saturated rings. The molecule has 0 aliphatic heterocycles. The van der Waals surface area contributed by atoms with Crippen molar-refractivity contribution in [1.29, 1.82) is 0 Å². The third-order valence-electron chi connectivity index (χ3n) is 1.49. The minimum atomic E-state index is 1.07. The molecule has 1 aromatic rings. The van der Waals surface area contributed by atoms with Crippen LogP contribution in [-0.4, -0.2) is 4.98 Å². The maximum atomic E-state index is 4.05. The van der Waals surface area contributed by atoms with E-state index in [2.05, 4.69) is 25.1 Å². The first-order valence-electron chi connectivity index (χ1n) is 4.54. The summed E-state index contributed by atoms with van der Waals surface area (Å²) in [6, 6.07) is 0. The molecule has 0 N–H and O–H groups in total. The highest BCUT2D eigenvalue weighted by atomic mass is 32.1. The summed E-state index contributed by atoms with van der Waals surface area (Å²) < 4.78 is 0. The Balaban J connectivity index is 0.000000241. The van der Waals surface area contributed by atoms with Gasteiger partial charge in [-0.25, -0.2) is 4.98 Å². The highest BCUT2D eigenvalue weighted by Crippen LogP contribution is 2.02. The second-order valence-electron chi connectivity index (χ2n) is 2.63. The van der Waals surface area contributed by atoms with E-state index < -0.39 is 0 Å². The normalized spacial score (nSPS) is 10.0. The summed E-state index contributed by atoms with van der Waals surface area (Å²) in [5, 5.41) is 3.22. The zero-order valence-corrected chi connectivity index (χ0v) is 9.68. The second kappa shape index (κ2) is 8.45. The maximum Gasteiger partial charge on any atom is 0.0922 e. The molecule has 0 saturated heterocycles. The van der Waals surface area contributed by atoms with Crippen LogP contribution in [0.3, 0.4) is 0 Å².